The molecule has 2 amide bonds. The topological polar surface area (TPSA) is 78.5 Å². The third kappa shape index (κ3) is 4.53. The van der Waals surface area contributed by atoms with E-state index < -0.39 is 10.0 Å². The minimum absolute atomic E-state index is 0.184. The molecule has 7 heteroatoms. The number of carbonyl (C=O) groups is 1. The molecular formula is C12H19N3O3S. The van der Waals surface area contributed by atoms with Gasteiger partial charge in [0.05, 0.1) is 4.90 Å². The predicted octanol–water partition coefficient (Wildman–Crippen LogP) is 1.47. The molecule has 0 unspecified atom stereocenters. The van der Waals surface area contributed by atoms with E-state index in [9.17, 15) is 13.2 Å². The van der Waals surface area contributed by atoms with Crippen LogP contribution < -0.4 is 10.0 Å². The van der Waals surface area contributed by atoms with Crippen LogP contribution in [0.25, 0.3) is 0 Å². The highest BCUT2D eigenvalue weighted by Crippen LogP contribution is 2.14. The van der Waals surface area contributed by atoms with Crippen molar-refractivity contribution in [3.63, 3.8) is 0 Å². The van der Waals surface area contributed by atoms with Crippen LogP contribution in [0.15, 0.2) is 29.2 Å². The van der Waals surface area contributed by atoms with Crippen molar-refractivity contribution in [3.05, 3.63) is 24.3 Å². The van der Waals surface area contributed by atoms with Gasteiger partial charge < -0.3 is 10.2 Å². The third-order valence-corrected chi connectivity index (χ3v) is 3.84. The first kappa shape index (κ1) is 15.5. The smallest absolute Gasteiger partial charge is 0.321 e. The lowest BCUT2D eigenvalue weighted by molar-refractivity contribution is 0.230. The highest BCUT2D eigenvalue weighted by atomic mass is 32.2. The van der Waals surface area contributed by atoms with E-state index in [1.807, 2.05) is 6.92 Å². The Labute approximate surface area is 113 Å². The van der Waals surface area contributed by atoms with E-state index in [4.69, 9.17) is 0 Å². The Balaban J connectivity index is 2.79. The molecule has 0 bridgehead atoms. The van der Waals surface area contributed by atoms with E-state index in [0.29, 0.717) is 12.2 Å². The number of hydrogen-bond acceptors (Lipinski definition) is 3. The Hall–Kier alpha value is -1.60. The lowest BCUT2D eigenvalue weighted by Gasteiger charge is -2.12. The lowest BCUT2D eigenvalue weighted by atomic mass is 10.3. The van der Waals surface area contributed by atoms with Crippen molar-refractivity contribution >= 4 is 21.7 Å². The van der Waals surface area contributed by atoms with Gasteiger partial charge in [-0.1, -0.05) is 6.92 Å². The Morgan fingerprint density at radius 2 is 1.79 bits per heavy atom. The summed E-state index contributed by atoms with van der Waals surface area (Å²) in [6.45, 7) is 2.30. The van der Waals surface area contributed by atoms with Gasteiger partial charge in [-0.25, -0.2) is 17.9 Å². The maximum absolute atomic E-state index is 11.8. The number of urea groups is 1. The summed E-state index contributed by atoms with van der Waals surface area (Å²) in [6.07, 6.45) is 0.732. The molecule has 0 saturated carbocycles. The molecule has 1 aromatic carbocycles. The largest absolute Gasteiger partial charge is 0.331 e. The van der Waals surface area contributed by atoms with Crippen LogP contribution in [0.2, 0.25) is 0 Å². The summed E-state index contributed by atoms with van der Waals surface area (Å²) in [5.74, 6) is 0. The summed E-state index contributed by atoms with van der Waals surface area (Å²) < 4.78 is 26.1. The fourth-order valence-electron chi connectivity index (χ4n) is 1.27. The van der Waals surface area contributed by atoms with Crippen LogP contribution in [-0.2, 0) is 10.0 Å². The van der Waals surface area contributed by atoms with Gasteiger partial charge in [-0.3, -0.25) is 0 Å². The SMILES string of the molecule is CCCNS(=O)(=O)c1ccc(NC(=O)N(C)C)cc1. The van der Waals surface area contributed by atoms with Crippen LogP contribution in [0.1, 0.15) is 13.3 Å². The number of amides is 2. The van der Waals surface area contributed by atoms with Gasteiger partial charge in [-0.15, -0.1) is 0 Å². The Bertz CT molecular complexity index is 524. The summed E-state index contributed by atoms with van der Waals surface area (Å²) in [6, 6.07) is 5.77. The van der Waals surface area contributed by atoms with Crippen molar-refractivity contribution < 1.29 is 13.2 Å². The zero-order chi connectivity index (χ0) is 14.5. The number of benzene rings is 1. The van der Waals surface area contributed by atoms with Crippen molar-refractivity contribution in [2.24, 2.45) is 0 Å². The average Bonchev–Trinajstić information content (AvgIpc) is 2.37. The molecule has 0 radical (unpaired) electrons. The zero-order valence-electron chi connectivity index (χ0n) is 11.3. The molecule has 19 heavy (non-hydrogen) atoms. The first-order chi connectivity index (χ1) is 8.86. The van der Waals surface area contributed by atoms with Gasteiger partial charge in [-0.05, 0) is 30.7 Å². The molecule has 0 spiro atoms. The monoisotopic (exact) mass is 285 g/mol. The van der Waals surface area contributed by atoms with Crippen LogP contribution in [0.5, 0.6) is 0 Å². The fraction of sp³-hybridized carbons (Fsp3) is 0.417. The summed E-state index contributed by atoms with van der Waals surface area (Å²) in [7, 11) is -0.201. The van der Waals surface area contributed by atoms with E-state index in [1.165, 1.54) is 17.0 Å². The highest BCUT2D eigenvalue weighted by Gasteiger charge is 2.13. The first-order valence-corrected chi connectivity index (χ1v) is 7.43. The highest BCUT2D eigenvalue weighted by molar-refractivity contribution is 7.89. The fourth-order valence-corrected chi connectivity index (χ4v) is 2.41. The van der Waals surface area contributed by atoms with Crippen molar-refractivity contribution in [3.8, 4) is 0 Å². The second-order valence-electron chi connectivity index (χ2n) is 4.25. The predicted molar refractivity (Wildman–Crippen MR) is 74.6 cm³/mol. The minimum atomic E-state index is -3.46. The molecule has 0 saturated heterocycles. The lowest BCUT2D eigenvalue weighted by Crippen LogP contribution is -2.27. The quantitative estimate of drug-likeness (QED) is 0.860. The van der Waals surface area contributed by atoms with Gasteiger partial charge in [0.25, 0.3) is 0 Å². The van der Waals surface area contributed by atoms with Crippen LogP contribution in [0.4, 0.5) is 10.5 Å². The Morgan fingerprint density at radius 3 is 2.26 bits per heavy atom. The van der Waals surface area contributed by atoms with Crippen molar-refractivity contribution in [2.45, 2.75) is 18.2 Å². The number of rotatable bonds is 5. The number of nitrogens with one attached hydrogen (secondary N) is 2. The second-order valence-corrected chi connectivity index (χ2v) is 6.01. The average molecular weight is 285 g/mol. The van der Waals surface area contributed by atoms with Crippen LogP contribution in [0, 0.1) is 0 Å². The summed E-state index contributed by atoms with van der Waals surface area (Å²) in [5.41, 5.74) is 0.549. The van der Waals surface area contributed by atoms with Crippen LogP contribution >= 0.6 is 0 Å². The number of sulfonamides is 1. The molecule has 0 fully saturated rings. The Morgan fingerprint density at radius 1 is 1.21 bits per heavy atom. The molecule has 2 N–H and O–H groups in total. The number of anilines is 1. The summed E-state index contributed by atoms with van der Waals surface area (Å²) in [5, 5.41) is 2.63. The number of nitrogens with zero attached hydrogens (tertiary/aromatic N) is 1. The third-order valence-electron chi connectivity index (χ3n) is 2.36. The molecule has 6 nitrogen and oxygen atoms in total. The summed E-state index contributed by atoms with van der Waals surface area (Å²) >= 11 is 0. The van der Waals surface area contributed by atoms with Crippen molar-refractivity contribution in [2.75, 3.05) is 26.0 Å². The van der Waals surface area contributed by atoms with Crippen LogP contribution in [0.3, 0.4) is 0 Å². The number of hydrogen-bond donors (Lipinski definition) is 2. The maximum Gasteiger partial charge on any atom is 0.321 e. The van der Waals surface area contributed by atoms with Gasteiger partial charge in [0.2, 0.25) is 10.0 Å². The second kappa shape index (κ2) is 6.53. The maximum atomic E-state index is 11.8. The zero-order valence-corrected chi connectivity index (χ0v) is 12.1. The van der Waals surface area contributed by atoms with Crippen molar-refractivity contribution in [1.82, 2.24) is 9.62 Å². The summed E-state index contributed by atoms with van der Waals surface area (Å²) in [4.78, 5) is 13.0. The van der Waals surface area contributed by atoms with Gasteiger partial charge in [0.15, 0.2) is 0 Å². The first-order valence-electron chi connectivity index (χ1n) is 5.95. The molecule has 0 aromatic heterocycles. The molecule has 0 aliphatic rings. The number of carbonyl (C=O) groups excluding carboxylic acids is 1. The van der Waals surface area contributed by atoms with E-state index in [0.717, 1.165) is 6.42 Å². The molecule has 1 aromatic rings. The van der Waals surface area contributed by atoms with Crippen molar-refractivity contribution in [1.29, 1.82) is 0 Å². The normalized spacial score (nSPS) is 11.1. The van der Waals surface area contributed by atoms with Gasteiger partial charge >= 0.3 is 6.03 Å². The molecule has 106 valence electrons. The molecular weight excluding hydrogens is 266 g/mol. The van der Waals surface area contributed by atoms with Gasteiger partial charge in [-0.2, -0.15) is 0 Å². The molecule has 0 atom stereocenters. The molecule has 1 rings (SSSR count). The van der Waals surface area contributed by atoms with Crippen LogP contribution in [-0.4, -0.2) is 40.0 Å². The van der Waals surface area contributed by atoms with E-state index in [1.54, 1.807) is 26.2 Å². The minimum Gasteiger partial charge on any atom is -0.331 e. The molecule has 0 aliphatic heterocycles. The van der Waals surface area contributed by atoms with Gasteiger partial charge in [0.1, 0.15) is 0 Å². The molecule has 0 heterocycles. The van der Waals surface area contributed by atoms with E-state index >= 15 is 0 Å². The standard InChI is InChI=1S/C12H19N3O3S/c1-4-9-13-19(17,18)11-7-5-10(6-8-11)14-12(16)15(2)3/h5-8,13H,4,9H2,1-3H3,(H,14,16). The van der Waals surface area contributed by atoms with E-state index in [-0.39, 0.29) is 10.9 Å². The van der Waals surface area contributed by atoms with E-state index in [2.05, 4.69) is 10.0 Å². The van der Waals surface area contributed by atoms with Gasteiger partial charge in [0, 0.05) is 26.3 Å². The Kier molecular flexibility index (Phi) is 5.31. The molecule has 0 aliphatic carbocycles.